The second-order valence-corrected chi connectivity index (χ2v) is 8.07. The first-order chi connectivity index (χ1) is 15.4. The molecule has 0 aliphatic carbocycles. The Morgan fingerprint density at radius 3 is 2.62 bits per heavy atom. The fourth-order valence-corrected chi connectivity index (χ4v) is 3.84. The minimum Gasteiger partial charge on any atom is -0.375 e. The minimum absolute atomic E-state index is 0.174. The van der Waals surface area contributed by atoms with Gasteiger partial charge in [-0.2, -0.15) is 0 Å². The molecule has 1 unspecified atom stereocenters. The van der Waals surface area contributed by atoms with Crippen LogP contribution in [0.2, 0.25) is 0 Å². The maximum atomic E-state index is 12.5. The van der Waals surface area contributed by atoms with Gasteiger partial charge in [0.2, 0.25) is 12.3 Å². The maximum Gasteiger partial charge on any atom is 0.242 e. The molecule has 8 nitrogen and oxygen atoms in total. The van der Waals surface area contributed by atoms with Crippen LogP contribution in [0.5, 0.6) is 0 Å². The van der Waals surface area contributed by atoms with E-state index in [1.807, 2.05) is 25.1 Å². The molecule has 1 aliphatic heterocycles. The number of hydrogen-bond acceptors (Lipinski definition) is 6. The number of likely N-dealkylation sites (N-methyl/N-ethyl adjacent to an activating group) is 1. The van der Waals surface area contributed by atoms with Gasteiger partial charge in [-0.25, -0.2) is 0 Å². The first-order valence-electron chi connectivity index (χ1n) is 10.9. The molecule has 1 atom stereocenters. The number of nitrogens with one attached hydrogen (secondary N) is 1. The molecule has 1 aromatic carbocycles. The van der Waals surface area contributed by atoms with E-state index in [2.05, 4.69) is 29.1 Å². The van der Waals surface area contributed by atoms with Gasteiger partial charge in [-0.05, 0) is 38.4 Å². The zero-order valence-corrected chi connectivity index (χ0v) is 19.5. The van der Waals surface area contributed by atoms with E-state index in [-0.39, 0.29) is 24.9 Å². The average molecular weight is 443 g/mol. The first kappa shape index (κ1) is 25.4. The molecule has 0 radical (unpaired) electrons. The Morgan fingerprint density at radius 1 is 1.31 bits per heavy atom. The van der Waals surface area contributed by atoms with Gasteiger partial charge in [0.1, 0.15) is 18.9 Å². The second kappa shape index (κ2) is 12.8. The second-order valence-electron chi connectivity index (χ2n) is 8.07. The van der Waals surface area contributed by atoms with Crippen molar-refractivity contribution < 1.29 is 19.1 Å². The van der Waals surface area contributed by atoms with E-state index >= 15 is 0 Å². The largest absolute Gasteiger partial charge is 0.375 e. The normalized spacial score (nSPS) is 15.2. The van der Waals surface area contributed by atoms with Gasteiger partial charge in [0.15, 0.2) is 0 Å². The van der Waals surface area contributed by atoms with Crippen molar-refractivity contribution in [2.75, 3.05) is 57.7 Å². The third-order valence-electron chi connectivity index (χ3n) is 5.58. The quantitative estimate of drug-likeness (QED) is 0.434. The Hall–Kier alpha value is -2.89. The van der Waals surface area contributed by atoms with E-state index in [9.17, 15) is 14.4 Å². The average Bonchev–Trinajstić information content (AvgIpc) is 2.79. The molecule has 1 N–H and O–H groups in total. The summed E-state index contributed by atoms with van der Waals surface area (Å²) in [5, 5.41) is 2.58. The van der Waals surface area contributed by atoms with Crippen molar-refractivity contribution in [2.24, 2.45) is 0 Å². The van der Waals surface area contributed by atoms with Crippen molar-refractivity contribution >= 4 is 30.0 Å². The number of piperidine rings is 1. The van der Waals surface area contributed by atoms with Crippen LogP contribution in [-0.4, -0.2) is 83.5 Å². The van der Waals surface area contributed by atoms with E-state index in [1.54, 1.807) is 12.1 Å². The van der Waals surface area contributed by atoms with Gasteiger partial charge in [0.05, 0.1) is 23.0 Å². The van der Waals surface area contributed by atoms with Crippen LogP contribution in [0.4, 0.5) is 11.4 Å². The number of carbonyl (C=O) groups excluding carboxylic acids is 3. The zero-order chi connectivity index (χ0) is 23.5. The van der Waals surface area contributed by atoms with Crippen LogP contribution in [0.25, 0.3) is 0 Å². The van der Waals surface area contributed by atoms with Gasteiger partial charge in [-0.3, -0.25) is 9.59 Å². The highest BCUT2D eigenvalue weighted by atomic mass is 16.5. The predicted octanol–water partition coefficient (Wildman–Crippen LogP) is 1.27. The Labute approximate surface area is 190 Å². The minimum atomic E-state index is -0.794. The van der Waals surface area contributed by atoms with Crippen LogP contribution >= 0.6 is 0 Å². The smallest absolute Gasteiger partial charge is 0.242 e. The highest BCUT2D eigenvalue weighted by Crippen LogP contribution is 2.33. The van der Waals surface area contributed by atoms with Gasteiger partial charge in [0.25, 0.3) is 0 Å². The molecule has 2 rings (SSSR count). The van der Waals surface area contributed by atoms with Crippen LogP contribution in [0.3, 0.4) is 0 Å². The lowest BCUT2D eigenvalue weighted by Crippen LogP contribution is -2.46. The molecule has 1 aliphatic rings. The molecule has 1 aromatic rings. The van der Waals surface area contributed by atoms with Crippen molar-refractivity contribution in [1.29, 1.82) is 0 Å². The summed E-state index contributed by atoms with van der Waals surface area (Å²) < 4.78 is 5.91. The lowest BCUT2D eigenvalue weighted by atomic mass is 10.1. The van der Waals surface area contributed by atoms with Crippen molar-refractivity contribution in [1.82, 2.24) is 10.2 Å². The molecule has 0 bridgehead atoms. The van der Waals surface area contributed by atoms with Gasteiger partial charge < -0.3 is 29.5 Å². The van der Waals surface area contributed by atoms with Gasteiger partial charge in [-0.15, -0.1) is 0 Å². The number of carbonyl (C=O) groups is 3. The molecular weight excluding hydrogens is 408 g/mol. The number of likely N-dealkylation sites (tertiary alicyclic amines) is 1. The molecular formula is C24H34N4O4. The molecule has 0 saturated carbocycles. The number of rotatable bonds is 10. The van der Waals surface area contributed by atoms with Gasteiger partial charge in [-0.1, -0.05) is 17.9 Å². The highest BCUT2D eigenvalue weighted by molar-refractivity contribution is 5.96. The number of nitrogens with zero attached hydrogens (tertiary/aromatic N) is 3. The SMILES string of the molecule is CNC(=O)C(CCC=O)N(C=O)c1cccc(C#CCOC2CCN(C)CC2)c1N(C)C. The van der Waals surface area contributed by atoms with Crippen LogP contribution in [0.1, 0.15) is 31.2 Å². The molecule has 1 heterocycles. The van der Waals surface area contributed by atoms with Crippen LogP contribution in [-0.2, 0) is 19.1 Å². The number of ether oxygens (including phenoxy) is 1. The van der Waals surface area contributed by atoms with Crippen molar-refractivity contribution in [3.05, 3.63) is 23.8 Å². The molecule has 0 aromatic heterocycles. The molecule has 8 heteroatoms. The lowest BCUT2D eigenvalue weighted by molar-refractivity contribution is -0.123. The van der Waals surface area contributed by atoms with E-state index in [0.29, 0.717) is 18.7 Å². The highest BCUT2D eigenvalue weighted by Gasteiger charge is 2.28. The number of hydrogen-bond donors (Lipinski definition) is 1. The summed E-state index contributed by atoms with van der Waals surface area (Å²) in [5.74, 6) is 5.93. The fraction of sp³-hybridized carbons (Fsp3) is 0.542. The van der Waals surface area contributed by atoms with E-state index in [1.165, 1.54) is 11.9 Å². The summed E-state index contributed by atoms with van der Waals surface area (Å²) in [6.07, 6.45) is 4.03. The summed E-state index contributed by atoms with van der Waals surface area (Å²) >= 11 is 0. The Kier molecular flexibility index (Phi) is 10.2. The molecule has 1 fully saturated rings. The lowest BCUT2D eigenvalue weighted by Gasteiger charge is -2.30. The summed E-state index contributed by atoms with van der Waals surface area (Å²) in [5.41, 5.74) is 2.02. The van der Waals surface area contributed by atoms with Gasteiger partial charge >= 0.3 is 0 Å². The first-order valence-corrected chi connectivity index (χ1v) is 10.9. The summed E-state index contributed by atoms with van der Waals surface area (Å²) in [4.78, 5) is 40.9. The molecule has 174 valence electrons. The number of aldehydes is 1. The topological polar surface area (TPSA) is 82.2 Å². The van der Waals surface area contributed by atoms with Crippen LogP contribution in [0, 0.1) is 11.8 Å². The van der Waals surface area contributed by atoms with E-state index < -0.39 is 6.04 Å². The van der Waals surface area contributed by atoms with Crippen LogP contribution < -0.4 is 15.1 Å². The third-order valence-corrected chi connectivity index (χ3v) is 5.58. The third kappa shape index (κ3) is 6.81. The Morgan fingerprint density at radius 2 is 2.03 bits per heavy atom. The number of para-hydroxylation sites is 1. The number of anilines is 2. The molecule has 0 spiro atoms. The number of amides is 2. The monoisotopic (exact) mass is 442 g/mol. The van der Waals surface area contributed by atoms with Crippen molar-refractivity contribution in [3.63, 3.8) is 0 Å². The summed E-state index contributed by atoms with van der Waals surface area (Å²) in [7, 11) is 7.35. The summed E-state index contributed by atoms with van der Waals surface area (Å²) in [6, 6.07) is 4.67. The van der Waals surface area contributed by atoms with E-state index in [4.69, 9.17) is 4.74 Å². The number of benzene rings is 1. The summed E-state index contributed by atoms with van der Waals surface area (Å²) in [6.45, 7) is 2.40. The van der Waals surface area contributed by atoms with E-state index in [0.717, 1.165) is 43.5 Å². The van der Waals surface area contributed by atoms with Gasteiger partial charge in [0, 0.05) is 40.7 Å². The molecule has 1 saturated heterocycles. The Bertz CT molecular complexity index is 838. The standard InChI is InChI=1S/C24H34N4O4/c1-25-24(31)22(11-6-16-29)28(18-30)21-10-5-8-19(23(21)26(2)3)9-7-17-32-20-12-14-27(4)15-13-20/h5,8,10,16,18,20,22H,6,11-15,17H2,1-4H3,(H,25,31). The maximum absolute atomic E-state index is 12.5. The fourth-order valence-electron chi connectivity index (χ4n) is 3.84. The Balaban J connectivity index is 2.27. The van der Waals surface area contributed by atoms with Crippen molar-refractivity contribution in [3.8, 4) is 11.8 Å². The molecule has 32 heavy (non-hydrogen) atoms. The predicted molar refractivity (Wildman–Crippen MR) is 126 cm³/mol. The molecule has 2 amide bonds. The van der Waals surface area contributed by atoms with Crippen LogP contribution in [0.15, 0.2) is 18.2 Å². The zero-order valence-electron chi connectivity index (χ0n) is 19.5. The van der Waals surface area contributed by atoms with Crippen molar-refractivity contribution in [2.45, 2.75) is 37.8 Å².